The summed E-state index contributed by atoms with van der Waals surface area (Å²) >= 11 is 0. The first-order chi connectivity index (χ1) is 10.3. The van der Waals surface area contributed by atoms with E-state index in [0.29, 0.717) is 5.92 Å². The van der Waals surface area contributed by atoms with Crippen LogP contribution in [0.25, 0.3) is 16.6 Å². The zero-order valence-corrected chi connectivity index (χ0v) is 12.5. The Balaban J connectivity index is 1.95. The Hall–Kier alpha value is -2.20. The van der Waals surface area contributed by atoms with Crippen molar-refractivity contribution in [2.24, 2.45) is 5.92 Å². The van der Waals surface area contributed by atoms with Crippen molar-refractivity contribution in [1.29, 1.82) is 0 Å². The van der Waals surface area contributed by atoms with Gasteiger partial charge in [-0.3, -0.25) is 4.98 Å². The smallest absolute Gasteiger partial charge is 0.0880 e. The highest BCUT2D eigenvalue weighted by Gasteiger charge is 2.09. The molecule has 0 bridgehead atoms. The number of nitrogens with one attached hydrogen (secondary N) is 1. The maximum atomic E-state index is 4.52. The minimum Gasteiger partial charge on any atom is -0.312 e. The molecule has 0 spiro atoms. The van der Waals surface area contributed by atoms with Crippen LogP contribution >= 0.6 is 0 Å². The molecular formula is C17H20N4. The summed E-state index contributed by atoms with van der Waals surface area (Å²) in [4.78, 5) is 4.26. The normalized spacial score (nSPS) is 11.4. The molecule has 0 aliphatic rings. The molecule has 0 saturated heterocycles. The average molecular weight is 280 g/mol. The van der Waals surface area contributed by atoms with Crippen molar-refractivity contribution >= 4 is 10.9 Å². The van der Waals surface area contributed by atoms with Gasteiger partial charge < -0.3 is 5.32 Å². The fraction of sp³-hybridized carbons (Fsp3) is 0.294. The fourth-order valence-corrected chi connectivity index (χ4v) is 2.41. The molecule has 108 valence electrons. The van der Waals surface area contributed by atoms with Crippen LogP contribution in [0.1, 0.15) is 19.4 Å². The molecule has 2 aromatic heterocycles. The van der Waals surface area contributed by atoms with Crippen LogP contribution in [0.15, 0.2) is 48.9 Å². The van der Waals surface area contributed by atoms with E-state index in [1.807, 2.05) is 35.4 Å². The van der Waals surface area contributed by atoms with Gasteiger partial charge in [0.25, 0.3) is 0 Å². The third-order valence-electron chi connectivity index (χ3n) is 3.46. The van der Waals surface area contributed by atoms with Gasteiger partial charge in [0.05, 0.1) is 23.6 Å². The van der Waals surface area contributed by atoms with Crippen molar-refractivity contribution in [2.75, 3.05) is 6.54 Å². The van der Waals surface area contributed by atoms with Gasteiger partial charge in [0.2, 0.25) is 0 Å². The van der Waals surface area contributed by atoms with E-state index >= 15 is 0 Å². The van der Waals surface area contributed by atoms with Gasteiger partial charge in [-0.2, -0.15) is 5.10 Å². The summed E-state index contributed by atoms with van der Waals surface area (Å²) in [6.45, 7) is 6.24. The lowest BCUT2D eigenvalue weighted by atomic mass is 10.2. The summed E-state index contributed by atoms with van der Waals surface area (Å²) < 4.78 is 1.97. The Bertz CT molecular complexity index is 730. The van der Waals surface area contributed by atoms with Crippen LogP contribution in [0, 0.1) is 5.92 Å². The second-order valence-electron chi connectivity index (χ2n) is 5.64. The molecule has 0 amide bonds. The predicted molar refractivity (Wildman–Crippen MR) is 85.4 cm³/mol. The lowest BCUT2D eigenvalue weighted by Gasteiger charge is -2.12. The van der Waals surface area contributed by atoms with Crippen molar-refractivity contribution in [3.63, 3.8) is 0 Å². The molecule has 4 nitrogen and oxygen atoms in total. The van der Waals surface area contributed by atoms with E-state index in [0.717, 1.165) is 29.7 Å². The lowest BCUT2D eigenvalue weighted by Crippen LogP contribution is -2.20. The van der Waals surface area contributed by atoms with Crippen LogP contribution in [0.2, 0.25) is 0 Å². The number of hydrogen-bond acceptors (Lipinski definition) is 3. The molecule has 0 radical (unpaired) electrons. The summed E-state index contributed by atoms with van der Waals surface area (Å²) in [7, 11) is 0. The van der Waals surface area contributed by atoms with E-state index in [9.17, 15) is 0 Å². The number of nitrogens with zero attached hydrogens (tertiary/aromatic N) is 3. The average Bonchev–Trinajstić information content (AvgIpc) is 2.91. The highest BCUT2D eigenvalue weighted by molar-refractivity contribution is 5.80. The molecule has 0 saturated carbocycles. The molecule has 1 N–H and O–H groups in total. The quantitative estimate of drug-likeness (QED) is 0.780. The molecule has 21 heavy (non-hydrogen) atoms. The summed E-state index contributed by atoms with van der Waals surface area (Å²) in [6.07, 6.45) is 5.61. The molecule has 0 aliphatic carbocycles. The number of pyridine rings is 1. The Kier molecular flexibility index (Phi) is 3.97. The standard InChI is InChI=1S/C17H20N4/c1-13(2)9-19-10-15-7-8-18-12-17(15)21-16-6-4-3-5-14(16)11-20-21/h3-8,11-13,19H,9-10H2,1-2H3. The maximum Gasteiger partial charge on any atom is 0.0880 e. The summed E-state index contributed by atoms with van der Waals surface area (Å²) in [5, 5.41) is 9.14. The van der Waals surface area contributed by atoms with Gasteiger partial charge in [-0.05, 0) is 30.2 Å². The zero-order valence-electron chi connectivity index (χ0n) is 12.5. The van der Waals surface area contributed by atoms with Crippen molar-refractivity contribution in [2.45, 2.75) is 20.4 Å². The van der Waals surface area contributed by atoms with E-state index in [1.165, 1.54) is 5.56 Å². The Morgan fingerprint density at radius 2 is 2.00 bits per heavy atom. The van der Waals surface area contributed by atoms with Crippen LogP contribution in [-0.4, -0.2) is 21.3 Å². The molecule has 0 aliphatic heterocycles. The summed E-state index contributed by atoms with van der Waals surface area (Å²) in [5.74, 6) is 0.640. The predicted octanol–water partition coefficient (Wildman–Crippen LogP) is 3.17. The van der Waals surface area contributed by atoms with Gasteiger partial charge in [0.1, 0.15) is 0 Å². The van der Waals surface area contributed by atoms with Crippen LogP contribution in [-0.2, 0) is 6.54 Å². The van der Waals surface area contributed by atoms with E-state index in [1.54, 1.807) is 0 Å². The van der Waals surface area contributed by atoms with E-state index in [2.05, 4.69) is 47.4 Å². The SMILES string of the molecule is CC(C)CNCc1ccncc1-n1ncc2ccccc21. The monoisotopic (exact) mass is 280 g/mol. The van der Waals surface area contributed by atoms with E-state index in [4.69, 9.17) is 0 Å². The largest absolute Gasteiger partial charge is 0.312 e. The van der Waals surface area contributed by atoms with Crippen LogP contribution in [0.4, 0.5) is 0 Å². The molecule has 3 rings (SSSR count). The molecule has 4 heteroatoms. The number of hydrogen-bond donors (Lipinski definition) is 1. The molecule has 2 heterocycles. The fourth-order valence-electron chi connectivity index (χ4n) is 2.41. The number of benzene rings is 1. The highest BCUT2D eigenvalue weighted by atomic mass is 15.3. The molecular weight excluding hydrogens is 260 g/mol. The first-order valence-electron chi connectivity index (χ1n) is 7.32. The molecule has 0 atom stereocenters. The van der Waals surface area contributed by atoms with Crippen LogP contribution in [0.3, 0.4) is 0 Å². The van der Waals surface area contributed by atoms with Crippen molar-refractivity contribution < 1.29 is 0 Å². The van der Waals surface area contributed by atoms with Crippen molar-refractivity contribution in [3.05, 3.63) is 54.5 Å². The number of rotatable bonds is 5. The minimum atomic E-state index is 0.640. The Morgan fingerprint density at radius 3 is 2.86 bits per heavy atom. The number of para-hydroxylation sites is 1. The number of fused-ring (bicyclic) bond motifs is 1. The summed E-state index contributed by atoms with van der Waals surface area (Å²) in [6, 6.07) is 10.3. The van der Waals surface area contributed by atoms with Gasteiger partial charge in [-0.25, -0.2) is 4.68 Å². The first-order valence-corrected chi connectivity index (χ1v) is 7.32. The highest BCUT2D eigenvalue weighted by Crippen LogP contribution is 2.20. The third kappa shape index (κ3) is 2.95. The number of aromatic nitrogens is 3. The van der Waals surface area contributed by atoms with Gasteiger partial charge in [0, 0.05) is 18.1 Å². The van der Waals surface area contributed by atoms with E-state index in [-0.39, 0.29) is 0 Å². The first kappa shape index (κ1) is 13.8. The third-order valence-corrected chi connectivity index (χ3v) is 3.46. The van der Waals surface area contributed by atoms with Crippen LogP contribution < -0.4 is 5.32 Å². The van der Waals surface area contributed by atoms with Crippen molar-refractivity contribution in [1.82, 2.24) is 20.1 Å². The zero-order chi connectivity index (χ0) is 14.7. The second kappa shape index (κ2) is 6.06. The lowest BCUT2D eigenvalue weighted by molar-refractivity contribution is 0.551. The molecule has 3 aromatic rings. The van der Waals surface area contributed by atoms with Gasteiger partial charge >= 0.3 is 0 Å². The van der Waals surface area contributed by atoms with Gasteiger partial charge in [-0.1, -0.05) is 32.0 Å². The minimum absolute atomic E-state index is 0.640. The molecule has 0 fully saturated rings. The van der Waals surface area contributed by atoms with Gasteiger partial charge in [0.15, 0.2) is 0 Å². The second-order valence-corrected chi connectivity index (χ2v) is 5.64. The summed E-state index contributed by atoms with van der Waals surface area (Å²) in [5.41, 5.74) is 3.35. The molecule has 0 unspecified atom stereocenters. The Labute approximate surface area is 124 Å². The van der Waals surface area contributed by atoms with Crippen molar-refractivity contribution in [3.8, 4) is 5.69 Å². The van der Waals surface area contributed by atoms with E-state index < -0.39 is 0 Å². The Morgan fingerprint density at radius 1 is 1.14 bits per heavy atom. The van der Waals surface area contributed by atoms with Crippen LogP contribution in [0.5, 0.6) is 0 Å². The van der Waals surface area contributed by atoms with Gasteiger partial charge in [-0.15, -0.1) is 0 Å². The topological polar surface area (TPSA) is 42.7 Å². The molecule has 1 aromatic carbocycles. The maximum absolute atomic E-state index is 4.52.